The number of imide groups is 2. The molecule has 9 nitrogen and oxygen atoms in total. The number of carbonyl (C=O) groups excluding carboxylic acids is 3. The van der Waals surface area contributed by atoms with Crippen molar-refractivity contribution in [2.45, 2.75) is 33.7 Å². The zero-order valence-electron chi connectivity index (χ0n) is 20.7. The fraction of sp³-hybridized carbons (Fsp3) is 0.346. The van der Waals surface area contributed by atoms with Crippen molar-refractivity contribution in [3.63, 3.8) is 0 Å². The van der Waals surface area contributed by atoms with E-state index in [0.29, 0.717) is 58.4 Å². The number of nitrogens with one attached hydrogen (secondary N) is 1. The molecule has 1 saturated heterocycles. The molecular weight excluding hydrogens is 532 g/mol. The lowest BCUT2D eigenvalue weighted by Crippen LogP contribution is -2.53. The highest BCUT2D eigenvalue weighted by atomic mass is 79.9. The van der Waals surface area contributed by atoms with Gasteiger partial charge in [-0.2, -0.15) is 0 Å². The average molecular weight is 561 g/mol. The van der Waals surface area contributed by atoms with Gasteiger partial charge in [-0.3, -0.25) is 19.8 Å². The number of urea groups is 1. The van der Waals surface area contributed by atoms with Crippen LogP contribution in [0.15, 0.2) is 40.4 Å². The van der Waals surface area contributed by atoms with Crippen LogP contribution in [0, 0.1) is 0 Å². The Morgan fingerprint density at radius 2 is 1.67 bits per heavy atom. The minimum atomic E-state index is -0.794. The molecule has 1 fully saturated rings. The Morgan fingerprint density at radius 1 is 0.944 bits per heavy atom. The summed E-state index contributed by atoms with van der Waals surface area (Å²) in [5.74, 6) is 0.565. The Balaban J connectivity index is 1.91. The molecule has 192 valence electrons. The van der Waals surface area contributed by atoms with Crippen molar-refractivity contribution in [3.8, 4) is 23.0 Å². The normalized spacial score (nSPS) is 14.6. The van der Waals surface area contributed by atoms with Crippen molar-refractivity contribution in [2.24, 2.45) is 0 Å². The highest BCUT2D eigenvalue weighted by molar-refractivity contribution is 9.10. The van der Waals surface area contributed by atoms with Gasteiger partial charge in [-0.25, -0.2) is 4.79 Å². The zero-order valence-corrected chi connectivity index (χ0v) is 22.3. The fourth-order valence-electron chi connectivity index (χ4n) is 3.57. The third-order valence-corrected chi connectivity index (χ3v) is 5.73. The van der Waals surface area contributed by atoms with E-state index in [9.17, 15) is 14.4 Å². The molecule has 0 aliphatic carbocycles. The quantitative estimate of drug-likeness (QED) is 0.313. The lowest BCUT2D eigenvalue weighted by Gasteiger charge is -2.26. The maximum Gasteiger partial charge on any atom is 0.331 e. The number of nitrogens with zero attached hydrogens (tertiary/aromatic N) is 1. The monoisotopic (exact) mass is 560 g/mol. The molecule has 2 aromatic rings. The molecule has 4 amide bonds. The Labute approximate surface area is 218 Å². The maximum absolute atomic E-state index is 13.2. The van der Waals surface area contributed by atoms with Gasteiger partial charge in [0, 0.05) is 0 Å². The summed E-state index contributed by atoms with van der Waals surface area (Å²) in [7, 11) is 1.52. The van der Waals surface area contributed by atoms with Gasteiger partial charge in [0.15, 0.2) is 23.0 Å². The van der Waals surface area contributed by atoms with Gasteiger partial charge in [-0.15, -0.1) is 0 Å². The van der Waals surface area contributed by atoms with E-state index in [-0.39, 0.29) is 12.1 Å². The minimum Gasteiger partial charge on any atom is -0.492 e. The second-order valence-corrected chi connectivity index (χ2v) is 8.59. The number of amides is 4. The third-order valence-electron chi connectivity index (χ3n) is 5.14. The van der Waals surface area contributed by atoms with Gasteiger partial charge in [0.05, 0.1) is 37.9 Å². The molecule has 0 bridgehead atoms. The van der Waals surface area contributed by atoms with Gasteiger partial charge in [-0.1, -0.05) is 13.0 Å². The topological polar surface area (TPSA) is 103 Å². The van der Waals surface area contributed by atoms with Gasteiger partial charge in [-0.05, 0) is 77.7 Å². The number of benzene rings is 2. The summed E-state index contributed by atoms with van der Waals surface area (Å²) in [6, 6.07) is 7.78. The van der Waals surface area contributed by atoms with Gasteiger partial charge in [0.1, 0.15) is 5.57 Å². The average Bonchev–Trinajstić information content (AvgIpc) is 2.84. The number of hydrogen-bond donors (Lipinski definition) is 1. The SMILES string of the molecule is CCCOc1ccc(CN2C(=O)NC(=O)/C(=C\c3cc(Br)c(OC)c(OCC)c3)C2=O)cc1OCC. The van der Waals surface area contributed by atoms with Gasteiger partial charge < -0.3 is 18.9 Å². The Bertz CT molecular complexity index is 1180. The molecule has 0 aromatic heterocycles. The first kappa shape index (κ1) is 27.1. The number of barbiturate groups is 1. The molecule has 1 aliphatic heterocycles. The summed E-state index contributed by atoms with van der Waals surface area (Å²) < 4.78 is 23.0. The molecule has 2 aromatic carbocycles. The molecule has 1 aliphatic rings. The van der Waals surface area contributed by atoms with Crippen LogP contribution in [0.1, 0.15) is 38.3 Å². The van der Waals surface area contributed by atoms with Crippen molar-refractivity contribution < 1.29 is 33.3 Å². The Morgan fingerprint density at radius 3 is 2.33 bits per heavy atom. The molecular formula is C26H29BrN2O7. The zero-order chi connectivity index (χ0) is 26.2. The van der Waals surface area contributed by atoms with E-state index in [1.807, 2.05) is 20.8 Å². The van der Waals surface area contributed by atoms with E-state index in [1.54, 1.807) is 30.3 Å². The van der Waals surface area contributed by atoms with Crippen LogP contribution in [0.4, 0.5) is 4.79 Å². The predicted molar refractivity (Wildman–Crippen MR) is 137 cm³/mol. The summed E-state index contributed by atoms with van der Waals surface area (Å²) in [6.45, 7) is 7.00. The molecule has 1 heterocycles. The lowest BCUT2D eigenvalue weighted by atomic mass is 10.1. The number of hydrogen-bond acceptors (Lipinski definition) is 7. The second-order valence-electron chi connectivity index (χ2n) is 7.74. The summed E-state index contributed by atoms with van der Waals surface area (Å²) in [4.78, 5) is 39.4. The van der Waals surface area contributed by atoms with Crippen molar-refractivity contribution in [3.05, 3.63) is 51.5 Å². The summed E-state index contributed by atoms with van der Waals surface area (Å²) >= 11 is 3.42. The molecule has 10 heteroatoms. The number of halogens is 1. The number of methoxy groups -OCH3 is 1. The summed E-state index contributed by atoms with van der Waals surface area (Å²) in [6.07, 6.45) is 2.26. The van der Waals surface area contributed by atoms with Crippen LogP contribution in [0.25, 0.3) is 6.08 Å². The standard InChI is InChI=1S/C26H29BrN2O7/c1-5-10-36-20-9-8-16(13-21(20)34-6-2)15-29-25(31)18(24(30)28-26(29)32)11-17-12-19(27)23(33-4)22(14-17)35-7-3/h8-9,11-14H,5-7,10,15H2,1-4H3,(H,28,30,32)/b18-11+. The second kappa shape index (κ2) is 12.4. The van der Waals surface area contributed by atoms with E-state index in [0.717, 1.165) is 11.3 Å². The Hall–Kier alpha value is -3.53. The molecule has 0 spiro atoms. The first-order chi connectivity index (χ1) is 17.3. The molecule has 0 radical (unpaired) electrons. The van der Waals surface area contributed by atoms with Crippen LogP contribution in [0.3, 0.4) is 0 Å². The number of carbonyl (C=O) groups is 3. The molecule has 0 saturated carbocycles. The number of ether oxygens (including phenoxy) is 4. The first-order valence-electron chi connectivity index (χ1n) is 11.6. The van der Waals surface area contributed by atoms with Crippen molar-refractivity contribution in [1.82, 2.24) is 10.2 Å². The first-order valence-corrected chi connectivity index (χ1v) is 12.4. The van der Waals surface area contributed by atoms with Crippen LogP contribution in [-0.4, -0.2) is 49.7 Å². The van der Waals surface area contributed by atoms with E-state index in [1.165, 1.54) is 13.2 Å². The molecule has 0 atom stereocenters. The number of rotatable bonds is 11. The van der Waals surface area contributed by atoms with Crippen LogP contribution in [-0.2, 0) is 16.1 Å². The Kier molecular flexibility index (Phi) is 9.35. The van der Waals surface area contributed by atoms with Crippen LogP contribution >= 0.6 is 15.9 Å². The third kappa shape index (κ3) is 6.17. The molecule has 0 unspecified atom stereocenters. The lowest BCUT2D eigenvalue weighted by molar-refractivity contribution is -0.130. The minimum absolute atomic E-state index is 0.0556. The van der Waals surface area contributed by atoms with E-state index < -0.39 is 17.8 Å². The molecule has 3 rings (SSSR count). The largest absolute Gasteiger partial charge is 0.492 e. The smallest absolute Gasteiger partial charge is 0.331 e. The highest BCUT2D eigenvalue weighted by Gasteiger charge is 2.36. The predicted octanol–water partition coefficient (Wildman–Crippen LogP) is 4.71. The summed E-state index contributed by atoms with van der Waals surface area (Å²) in [5, 5.41) is 2.24. The highest BCUT2D eigenvalue weighted by Crippen LogP contribution is 2.37. The van der Waals surface area contributed by atoms with Crippen molar-refractivity contribution in [2.75, 3.05) is 26.9 Å². The van der Waals surface area contributed by atoms with E-state index >= 15 is 0 Å². The van der Waals surface area contributed by atoms with Gasteiger partial charge >= 0.3 is 6.03 Å². The molecule has 1 N–H and O–H groups in total. The van der Waals surface area contributed by atoms with Crippen molar-refractivity contribution in [1.29, 1.82) is 0 Å². The maximum atomic E-state index is 13.2. The summed E-state index contributed by atoms with van der Waals surface area (Å²) in [5.41, 5.74) is 0.988. The van der Waals surface area contributed by atoms with Crippen LogP contribution in [0.5, 0.6) is 23.0 Å². The van der Waals surface area contributed by atoms with Crippen LogP contribution in [0.2, 0.25) is 0 Å². The van der Waals surface area contributed by atoms with Crippen LogP contribution < -0.4 is 24.3 Å². The van der Waals surface area contributed by atoms with Gasteiger partial charge in [0.2, 0.25) is 0 Å². The van der Waals surface area contributed by atoms with E-state index in [2.05, 4.69) is 21.2 Å². The van der Waals surface area contributed by atoms with Crippen molar-refractivity contribution >= 4 is 39.9 Å². The van der Waals surface area contributed by atoms with Gasteiger partial charge in [0.25, 0.3) is 11.8 Å². The fourth-order valence-corrected chi connectivity index (χ4v) is 4.19. The molecule has 36 heavy (non-hydrogen) atoms. The van der Waals surface area contributed by atoms with E-state index in [4.69, 9.17) is 18.9 Å².